The molecule has 0 fully saturated rings. The maximum atomic E-state index is 12.1. The number of anilines is 1. The van der Waals surface area contributed by atoms with Crippen molar-refractivity contribution in [3.8, 4) is 0 Å². The van der Waals surface area contributed by atoms with E-state index in [1.54, 1.807) is 18.2 Å². The van der Waals surface area contributed by atoms with E-state index >= 15 is 0 Å². The number of rotatable bonds is 3. The van der Waals surface area contributed by atoms with Crippen LogP contribution in [0.5, 0.6) is 0 Å². The highest BCUT2D eigenvalue weighted by molar-refractivity contribution is 6.36. The van der Waals surface area contributed by atoms with E-state index in [2.05, 4.69) is 10.4 Å². The lowest BCUT2D eigenvalue weighted by Crippen LogP contribution is -2.36. The lowest BCUT2D eigenvalue weighted by atomic mass is 9.97. The second-order valence-corrected chi connectivity index (χ2v) is 6.39. The maximum Gasteiger partial charge on any atom is 0.255 e. The van der Waals surface area contributed by atoms with Crippen molar-refractivity contribution in [1.29, 1.82) is 0 Å². The van der Waals surface area contributed by atoms with Crippen LogP contribution in [0.15, 0.2) is 23.3 Å². The molecule has 0 spiro atoms. The van der Waals surface area contributed by atoms with Crippen LogP contribution in [0, 0.1) is 11.8 Å². The minimum atomic E-state index is -0.267. The van der Waals surface area contributed by atoms with Gasteiger partial charge in [0.05, 0.1) is 17.1 Å². The average molecular weight is 342 g/mol. The molecule has 0 radical (unpaired) electrons. The van der Waals surface area contributed by atoms with Crippen LogP contribution in [0.25, 0.3) is 0 Å². The van der Waals surface area contributed by atoms with Crippen molar-refractivity contribution in [3.05, 3.63) is 28.2 Å². The van der Waals surface area contributed by atoms with Gasteiger partial charge in [0, 0.05) is 10.9 Å². The van der Waals surface area contributed by atoms with Gasteiger partial charge in [-0.3, -0.25) is 9.59 Å². The van der Waals surface area contributed by atoms with E-state index in [-0.39, 0.29) is 30.1 Å². The Balaban J connectivity index is 2.19. The third-order valence-electron chi connectivity index (χ3n) is 3.59. The summed E-state index contributed by atoms with van der Waals surface area (Å²) in [7, 11) is 0. The molecular weight excluding hydrogens is 325 g/mol. The molecule has 1 aliphatic heterocycles. The number of nitrogens with zero attached hydrogens (tertiary/aromatic N) is 2. The zero-order valence-corrected chi connectivity index (χ0v) is 14.1. The molecule has 1 aromatic carbocycles. The first-order chi connectivity index (χ1) is 10.3. The summed E-state index contributed by atoms with van der Waals surface area (Å²) >= 11 is 12.0. The first kappa shape index (κ1) is 16.8. The number of hydrazone groups is 1. The van der Waals surface area contributed by atoms with Gasteiger partial charge in [0.15, 0.2) is 0 Å². The Morgan fingerprint density at radius 3 is 2.64 bits per heavy atom. The van der Waals surface area contributed by atoms with Gasteiger partial charge in [0.2, 0.25) is 5.91 Å². The van der Waals surface area contributed by atoms with Crippen LogP contribution in [-0.2, 0) is 9.59 Å². The average Bonchev–Trinajstić information content (AvgIpc) is 2.81. The molecule has 22 heavy (non-hydrogen) atoms. The highest BCUT2D eigenvalue weighted by Crippen LogP contribution is 2.31. The van der Waals surface area contributed by atoms with Gasteiger partial charge in [-0.05, 0) is 24.1 Å². The normalized spacial score (nSPS) is 16.0. The fourth-order valence-corrected chi connectivity index (χ4v) is 2.26. The number of nitrogens with one attached hydrogen (secondary N) is 1. The third-order valence-corrected chi connectivity index (χ3v) is 4.15. The van der Waals surface area contributed by atoms with Crippen LogP contribution in [0.2, 0.25) is 10.0 Å². The predicted octanol–water partition coefficient (Wildman–Crippen LogP) is 3.45. The van der Waals surface area contributed by atoms with E-state index in [4.69, 9.17) is 23.2 Å². The fraction of sp³-hybridized carbons (Fsp3) is 0.400. The molecule has 118 valence electrons. The molecule has 2 rings (SSSR count). The van der Waals surface area contributed by atoms with Crippen molar-refractivity contribution in [1.82, 2.24) is 5.32 Å². The van der Waals surface area contributed by atoms with Crippen LogP contribution >= 0.6 is 23.2 Å². The molecular formula is C15H17Cl2N3O2. The van der Waals surface area contributed by atoms with E-state index in [0.29, 0.717) is 21.6 Å². The highest BCUT2D eigenvalue weighted by atomic mass is 35.5. The van der Waals surface area contributed by atoms with Crippen LogP contribution in [0.4, 0.5) is 5.69 Å². The second kappa shape index (κ2) is 6.67. The summed E-state index contributed by atoms with van der Waals surface area (Å²) in [5.41, 5.74) is 0.403. The summed E-state index contributed by atoms with van der Waals surface area (Å²) in [6.45, 7) is 5.76. The number of benzene rings is 1. The Hall–Kier alpha value is -1.59. The zero-order chi connectivity index (χ0) is 16.4. The number of amidine groups is 1. The quantitative estimate of drug-likeness (QED) is 0.915. The number of amides is 2. The monoisotopic (exact) mass is 341 g/mol. The fourth-order valence-electron chi connectivity index (χ4n) is 1.89. The van der Waals surface area contributed by atoms with Crippen molar-refractivity contribution in [2.45, 2.75) is 27.2 Å². The molecule has 1 aromatic rings. The van der Waals surface area contributed by atoms with E-state index in [1.165, 1.54) is 5.01 Å². The minimum Gasteiger partial charge on any atom is -0.312 e. The van der Waals surface area contributed by atoms with Gasteiger partial charge in [0.25, 0.3) is 5.91 Å². The zero-order valence-electron chi connectivity index (χ0n) is 12.6. The number of carbonyl (C=O) groups excluding carboxylic acids is 2. The highest BCUT2D eigenvalue weighted by Gasteiger charge is 2.29. The van der Waals surface area contributed by atoms with Gasteiger partial charge in [-0.2, -0.15) is 10.1 Å². The second-order valence-electron chi connectivity index (χ2n) is 5.55. The summed E-state index contributed by atoms with van der Waals surface area (Å²) in [4.78, 5) is 24.1. The molecule has 1 atom stereocenters. The topological polar surface area (TPSA) is 61.8 Å². The van der Waals surface area contributed by atoms with Crippen LogP contribution in [-0.4, -0.2) is 17.6 Å². The summed E-state index contributed by atoms with van der Waals surface area (Å²) in [6, 6.07) is 4.79. The standard InChI is InChI=1S/C15H17Cl2N3O2/c1-8(2)9(3)15(22)18-13-7-14(21)20(19-13)12-6-10(16)4-5-11(12)17/h4-6,8-9H,7H2,1-3H3,(H,18,19,22). The van der Waals surface area contributed by atoms with Gasteiger partial charge in [-0.1, -0.05) is 44.0 Å². The Labute approximate surface area is 139 Å². The van der Waals surface area contributed by atoms with E-state index in [0.717, 1.165) is 0 Å². The molecule has 1 heterocycles. The third kappa shape index (κ3) is 3.59. The molecule has 1 aliphatic rings. The number of hydrogen-bond acceptors (Lipinski definition) is 3. The van der Waals surface area contributed by atoms with Crippen LogP contribution < -0.4 is 10.3 Å². The van der Waals surface area contributed by atoms with Crippen molar-refractivity contribution < 1.29 is 9.59 Å². The molecule has 1 unspecified atom stereocenters. The first-order valence-corrected chi connectivity index (χ1v) is 7.71. The molecule has 0 bridgehead atoms. The van der Waals surface area contributed by atoms with Crippen molar-refractivity contribution in [2.24, 2.45) is 16.9 Å². The van der Waals surface area contributed by atoms with Gasteiger partial charge in [0.1, 0.15) is 5.84 Å². The number of carbonyl (C=O) groups is 2. The maximum absolute atomic E-state index is 12.1. The van der Waals surface area contributed by atoms with E-state index in [9.17, 15) is 9.59 Å². The lowest BCUT2D eigenvalue weighted by molar-refractivity contribution is -0.124. The summed E-state index contributed by atoms with van der Waals surface area (Å²) in [5, 5.41) is 8.83. The summed E-state index contributed by atoms with van der Waals surface area (Å²) < 4.78 is 0. The Bertz CT molecular complexity index is 644. The number of halogens is 2. The molecule has 1 N–H and O–H groups in total. The molecule has 0 aromatic heterocycles. The summed E-state index contributed by atoms with van der Waals surface area (Å²) in [6.07, 6.45) is 0.0272. The summed E-state index contributed by atoms with van der Waals surface area (Å²) in [5.74, 6) is -0.0615. The molecule has 5 nitrogen and oxygen atoms in total. The molecule has 2 amide bonds. The van der Waals surface area contributed by atoms with Crippen molar-refractivity contribution >= 4 is 46.5 Å². The molecule has 0 saturated heterocycles. The minimum absolute atomic E-state index is 0.0272. The van der Waals surface area contributed by atoms with Crippen molar-refractivity contribution in [3.63, 3.8) is 0 Å². The molecule has 0 aliphatic carbocycles. The Morgan fingerprint density at radius 2 is 2.00 bits per heavy atom. The molecule has 0 saturated carbocycles. The smallest absolute Gasteiger partial charge is 0.255 e. The van der Waals surface area contributed by atoms with E-state index < -0.39 is 0 Å². The lowest BCUT2D eigenvalue weighted by Gasteiger charge is -2.15. The Morgan fingerprint density at radius 1 is 1.32 bits per heavy atom. The Kier molecular flexibility index (Phi) is 5.08. The van der Waals surface area contributed by atoms with Crippen molar-refractivity contribution in [2.75, 3.05) is 5.01 Å². The first-order valence-electron chi connectivity index (χ1n) is 6.96. The van der Waals surface area contributed by atoms with E-state index in [1.807, 2.05) is 20.8 Å². The van der Waals surface area contributed by atoms with Gasteiger partial charge >= 0.3 is 0 Å². The van der Waals surface area contributed by atoms with Gasteiger partial charge < -0.3 is 5.32 Å². The van der Waals surface area contributed by atoms with Crippen LogP contribution in [0.1, 0.15) is 27.2 Å². The largest absolute Gasteiger partial charge is 0.312 e. The predicted molar refractivity (Wildman–Crippen MR) is 88.1 cm³/mol. The molecule has 7 heteroatoms. The number of hydrogen-bond donors (Lipinski definition) is 1. The van der Waals surface area contributed by atoms with Gasteiger partial charge in [-0.25, -0.2) is 0 Å². The van der Waals surface area contributed by atoms with Crippen LogP contribution in [0.3, 0.4) is 0 Å². The van der Waals surface area contributed by atoms with Gasteiger partial charge in [-0.15, -0.1) is 0 Å². The SMILES string of the molecule is CC(C)C(C)C(=O)NC1=NN(c2cc(Cl)ccc2Cl)C(=O)C1.